The summed E-state index contributed by atoms with van der Waals surface area (Å²) in [6, 6.07) is 0. The van der Waals surface area contributed by atoms with Crippen LogP contribution in [0, 0.1) is 5.92 Å². The van der Waals surface area contributed by atoms with Crippen LogP contribution in [0.1, 0.15) is 13.3 Å². The number of hydrogen-bond acceptors (Lipinski definition) is 4. The van der Waals surface area contributed by atoms with Crippen molar-refractivity contribution >= 4 is 11.9 Å². The van der Waals surface area contributed by atoms with Crippen LogP contribution >= 0.6 is 0 Å². The topological polar surface area (TPSA) is 75.6 Å². The van der Waals surface area contributed by atoms with Crippen molar-refractivity contribution in [2.24, 2.45) is 5.92 Å². The highest BCUT2D eigenvalue weighted by atomic mass is 19.4. The maximum absolute atomic E-state index is 10.8. The van der Waals surface area contributed by atoms with Gasteiger partial charge in [0.15, 0.2) is 0 Å². The van der Waals surface area contributed by atoms with E-state index >= 15 is 0 Å². The molecular weight excluding hydrogens is 243 g/mol. The third kappa shape index (κ3) is 7.56. The number of carbonyl (C=O) groups is 2. The third-order valence-corrected chi connectivity index (χ3v) is 1.87. The van der Waals surface area contributed by atoms with E-state index in [2.05, 4.69) is 5.32 Å². The van der Waals surface area contributed by atoms with Crippen LogP contribution in [0.3, 0.4) is 0 Å². The third-order valence-electron chi connectivity index (χ3n) is 1.87. The van der Waals surface area contributed by atoms with Crippen LogP contribution in [-0.4, -0.2) is 42.9 Å². The van der Waals surface area contributed by atoms with Crippen LogP contribution in [0.25, 0.3) is 0 Å². The van der Waals surface area contributed by atoms with Crippen LogP contribution in [0.4, 0.5) is 13.2 Å². The molecule has 0 radical (unpaired) electrons. The maximum atomic E-state index is 10.8. The number of esters is 1. The lowest BCUT2D eigenvalue weighted by Crippen LogP contribution is -2.43. The highest BCUT2D eigenvalue weighted by molar-refractivity contribution is 5.73. The minimum atomic E-state index is -5.08. The maximum Gasteiger partial charge on any atom is 0.490 e. The van der Waals surface area contributed by atoms with E-state index < -0.39 is 12.1 Å². The molecule has 0 aromatic heterocycles. The molecule has 1 fully saturated rings. The monoisotopic (exact) mass is 257 g/mol. The van der Waals surface area contributed by atoms with Gasteiger partial charge in [-0.1, -0.05) is 0 Å². The van der Waals surface area contributed by atoms with Gasteiger partial charge in [0.2, 0.25) is 0 Å². The van der Waals surface area contributed by atoms with Gasteiger partial charge in [0.25, 0.3) is 0 Å². The molecule has 0 saturated carbocycles. The Hall–Kier alpha value is -1.31. The molecule has 1 aliphatic heterocycles. The number of nitrogens with one attached hydrogen (secondary N) is 1. The van der Waals surface area contributed by atoms with Crippen molar-refractivity contribution in [3.63, 3.8) is 0 Å². The summed E-state index contributed by atoms with van der Waals surface area (Å²) in [5.41, 5.74) is 0. The van der Waals surface area contributed by atoms with E-state index in [1.54, 1.807) is 0 Å². The second-order valence-corrected chi connectivity index (χ2v) is 3.34. The Kier molecular flexibility index (Phi) is 6.55. The van der Waals surface area contributed by atoms with E-state index in [9.17, 15) is 18.0 Å². The molecule has 5 nitrogen and oxygen atoms in total. The van der Waals surface area contributed by atoms with E-state index in [1.165, 1.54) is 0 Å². The largest absolute Gasteiger partial charge is 0.490 e. The molecule has 0 aromatic rings. The summed E-state index contributed by atoms with van der Waals surface area (Å²) < 4.78 is 36.5. The van der Waals surface area contributed by atoms with Crippen molar-refractivity contribution in [3.05, 3.63) is 0 Å². The number of carbonyl (C=O) groups excluding carboxylic acids is 1. The zero-order valence-corrected chi connectivity index (χ0v) is 9.21. The molecule has 1 rings (SSSR count). The highest BCUT2D eigenvalue weighted by Crippen LogP contribution is 2.13. The Morgan fingerprint density at radius 2 is 1.88 bits per heavy atom. The van der Waals surface area contributed by atoms with Gasteiger partial charge in [-0.25, -0.2) is 4.79 Å². The van der Waals surface area contributed by atoms with Crippen LogP contribution in [-0.2, 0) is 14.3 Å². The zero-order chi connectivity index (χ0) is 13.5. The van der Waals surface area contributed by atoms with Crippen molar-refractivity contribution in [1.29, 1.82) is 0 Å². The molecule has 1 saturated heterocycles. The first kappa shape index (κ1) is 15.7. The molecule has 0 spiro atoms. The molecule has 2 N–H and O–H groups in total. The first-order valence-corrected chi connectivity index (χ1v) is 4.93. The standard InChI is InChI=1S/C7H13NO2.C2HF3O2/c1-2-10-7(9)3-6-4-8-5-6;3-2(4,5)1(6)7/h6,8H,2-5H2,1H3;(H,6,7). The molecule has 0 amide bonds. The van der Waals surface area contributed by atoms with Gasteiger partial charge in [-0.3, -0.25) is 4.79 Å². The normalized spacial score (nSPS) is 15.3. The van der Waals surface area contributed by atoms with Crippen molar-refractivity contribution in [2.75, 3.05) is 19.7 Å². The van der Waals surface area contributed by atoms with E-state index in [0.29, 0.717) is 18.9 Å². The molecule has 0 unspecified atom stereocenters. The van der Waals surface area contributed by atoms with Crippen LogP contribution in [0.15, 0.2) is 0 Å². The lowest BCUT2D eigenvalue weighted by Gasteiger charge is -2.25. The fraction of sp³-hybridized carbons (Fsp3) is 0.778. The minimum absolute atomic E-state index is 0.0611. The van der Waals surface area contributed by atoms with E-state index in [-0.39, 0.29) is 5.97 Å². The van der Waals surface area contributed by atoms with Gasteiger partial charge in [-0.15, -0.1) is 0 Å². The van der Waals surface area contributed by atoms with Crippen LogP contribution in [0.2, 0.25) is 0 Å². The summed E-state index contributed by atoms with van der Waals surface area (Å²) in [5, 5.41) is 10.2. The quantitative estimate of drug-likeness (QED) is 0.731. The number of aliphatic carboxylic acids is 1. The molecule has 0 bridgehead atoms. The van der Waals surface area contributed by atoms with Gasteiger partial charge in [-0.05, 0) is 25.9 Å². The molecule has 100 valence electrons. The number of ether oxygens (including phenoxy) is 1. The van der Waals surface area contributed by atoms with E-state index in [1.807, 2.05) is 6.92 Å². The van der Waals surface area contributed by atoms with Crippen molar-refractivity contribution in [1.82, 2.24) is 5.32 Å². The number of rotatable bonds is 3. The Labute approximate surface area is 95.9 Å². The number of carboxylic acid groups (broad SMARTS) is 1. The molecular formula is C9H14F3NO4. The summed E-state index contributed by atoms with van der Waals surface area (Å²) in [7, 11) is 0. The Morgan fingerprint density at radius 1 is 1.41 bits per heavy atom. The fourth-order valence-corrected chi connectivity index (χ4v) is 0.948. The molecule has 0 aromatic carbocycles. The molecule has 0 atom stereocenters. The Morgan fingerprint density at radius 3 is 2.12 bits per heavy atom. The summed E-state index contributed by atoms with van der Waals surface area (Å²) in [6.45, 7) is 4.27. The summed E-state index contributed by atoms with van der Waals surface area (Å²) in [6.07, 6.45) is -4.50. The second kappa shape index (κ2) is 7.10. The van der Waals surface area contributed by atoms with Crippen LogP contribution in [0.5, 0.6) is 0 Å². The summed E-state index contributed by atoms with van der Waals surface area (Å²) in [5.74, 6) is -2.29. The number of carboxylic acids is 1. The molecule has 1 heterocycles. The Balaban J connectivity index is 0.000000325. The van der Waals surface area contributed by atoms with Crippen LogP contribution < -0.4 is 5.32 Å². The van der Waals surface area contributed by atoms with Gasteiger partial charge in [-0.2, -0.15) is 13.2 Å². The summed E-state index contributed by atoms with van der Waals surface area (Å²) >= 11 is 0. The average Bonchev–Trinajstić information content (AvgIpc) is 2.11. The average molecular weight is 257 g/mol. The van der Waals surface area contributed by atoms with Crippen molar-refractivity contribution in [3.8, 4) is 0 Å². The lowest BCUT2D eigenvalue weighted by atomic mass is 10.00. The first-order chi connectivity index (χ1) is 7.77. The number of hydrogen-bond donors (Lipinski definition) is 2. The van der Waals surface area contributed by atoms with Gasteiger partial charge in [0.1, 0.15) is 0 Å². The van der Waals surface area contributed by atoms with Gasteiger partial charge >= 0.3 is 18.1 Å². The zero-order valence-electron chi connectivity index (χ0n) is 9.21. The lowest BCUT2D eigenvalue weighted by molar-refractivity contribution is -0.192. The smallest absolute Gasteiger partial charge is 0.475 e. The predicted octanol–water partition coefficient (Wildman–Crippen LogP) is 0.792. The number of alkyl halides is 3. The van der Waals surface area contributed by atoms with Gasteiger partial charge < -0.3 is 15.2 Å². The fourth-order valence-electron chi connectivity index (χ4n) is 0.948. The highest BCUT2D eigenvalue weighted by Gasteiger charge is 2.38. The SMILES string of the molecule is CCOC(=O)CC1CNC1.O=C(O)C(F)(F)F. The molecule has 0 aliphatic carbocycles. The summed E-state index contributed by atoms with van der Waals surface area (Å²) in [4.78, 5) is 19.7. The molecule has 8 heteroatoms. The molecule has 17 heavy (non-hydrogen) atoms. The Bertz CT molecular complexity index is 263. The van der Waals surface area contributed by atoms with Crippen molar-refractivity contribution in [2.45, 2.75) is 19.5 Å². The van der Waals surface area contributed by atoms with Crippen molar-refractivity contribution < 1.29 is 32.6 Å². The first-order valence-electron chi connectivity index (χ1n) is 4.93. The molecule has 1 aliphatic rings. The minimum Gasteiger partial charge on any atom is -0.475 e. The van der Waals surface area contributed by atoms with Gasteiger partial charge in [0, 0.05) is 0 Å². The number of halogens is 3. The van der Waals surface area contributed by atoms with E-state index in [0.717, 1.165) is 13.1 Å². The predicted molar refractivity (Wildman–Crippen MR) is 51.3 cm³/mol. The second-order valence-electron chi connectivity index (χ2n) is 3.34. The van der Waals surface area contributed by atoms with Gasteiger partial charge in [0.05, 0.1) is 13.0 Å². The van der Waals surface area contributed by atoms with E-state index in [4.69, 9.17) is 14.6 Å².